The molecule has 44 heavy (non-hydrogen) atoms. The molecule has 23 heteroatoms. The lowest BCUT2D eigenvalue weighted by Crippen LogP contribution is -2.39. The van der Waals surface area contributed by atoms with Crippen molar-refractivity contribution in [2.45, 2.75) is 49.8 Å². The number of nitrogens with one attached hydrogen (secondary N) is 3. The van der Waals surface area contributed by atoms with Gasteiger partial charge in [-0.3, -0.25) is 23.7 Å². The van der Waals surface area contributed by atoms with Crippen LogP contribution in [-0.4, -0.2) is 104 Å². The van der Waals surface area contributed by atoms with Crippen molar-refractivity contribution in [3.63, 3.8) is 0 Å². The highest BCUT2D eigenvalue weighted by atomic mass is 32.7. The number of thiol groups is 1. The number of allylic oxidation sites excluding steroid dienone is 1. The van der Waals surface area contributed by atoms with E-state index in [1.54, 1.807) is 4.90 Å². The number of rotatable bonds is 13. The van der Waals surface area contributed by atoms with E-state index in [9.17, 15) is 28.3 Å². The predicted molar refractivity (Wildman–Crippen MR) is 157 cm³/mol. The average molecular weight is 699 g/mol. The van der Waals surface area contributed by atoms with E-state index in [4.69, 9.17) is 34.9 Å². The number of aromatic nitrogens is 4. The van der Waals surface area contributed by atoms with Gasteiger partial charge in [-0.25, -0.2) is 18.9 Å². The quantitative estimate of drug-likeness (QED) is 0.0533. The van der Waals surface area contributed by atoms with E-state index in [1.165, 1.54) is 30.6 Å². The normalized spacial score (nSPS) is 30.2. The summed E-state index contributed by atoms with van der Waals surface area (Å²) in [5.74, 6) is 0.352. The molecule has 0 saturated carbocycles. The Balaban J connectivity index is 1.24. The van der Waals surface area contributed by atoms with Gasteiger partial charge < -0.3 is 48.8 Å². The Labute approximate surface area is 258 Å². The number of ether oxygens (including phenoxy) is 2. The second-order valence-corrected chi connectivity index (χ2v) is 15.3. The van der Waals surface area contributed by atoms with Crippen molar-refractivity contribution in [3.8, 4) is 0 Å². The number of aliphatic imine (C=N–C) groups is 1. The number of halogens is 1. The highest BCUT2D eigenvalue weighted by Gasteiger charge is 2.45. The highest BCUT2D eigenvalue weighted by Crippen LogP contribution is 2.51. The zero-order valence-electron chi connectivity index (χ0n) is 22.8. The van der Waals surface area contributed by atoms with Gasteiger partial charge >= 0.3 is 13.5 Å². The smallest absolute Gasteiger partial charge is 0.362 e. The van der Waals surface area contributed by atoms with Crippen molar-refractivity contribution in [1.82, 2.24) is 35.1 Å². The van der Waals surface area contributed by atoms with E-state index >= 15 is 0 Å². The number of nitrogens with zero attached hydrogens (tertiary/aromatic N) is 5. The minimum absolute atomic E-state index is 0.0501. The van der Waals surface area contributed by atoms with E-state index in [2.05, 4.69) is 42.8 Å². The maximum absolute atomic E-state index is 15.0. The fourth-order valence-electron chi connectivity index (χ4n) is 4.89. The van der Waals surface area contributed by atoms with E-state index < -0.39 is 69.2 Å². The van der Waals surface area contributed by atoms with Gasteiger partial charge in [-0.15, -0.1) is 0 Å². The first-order chi connectivity index (χ1) is 20.9. The number of fused-ring (bicyclic) bond motifs is 1. The number of carbonyl (C=O) groups excluding carboxylic acids is 1. The van der Waals surface area contributed by atoms with Crippen molar-refractivity contribution in [1.29, 1.82) is 0 Å². The Morgan fingerprint density at radius 2 is 2.02 bits per heavy atom. The molecule has 0 radical (unpaired) electrons. The zero-order chi connectivity index (χ0) is 31.6. The second kappa shape index (κ2) is 13.6. The molecule has 2 aromatic heterocycles. The molecule has 0 amide bonds. The first-order valence-corrected chi connectivity index (χ1v) is 18.3. The molecule has 5 heterocycles. The molecule has 0 spiro atoms. The van der Waals surface area contributed by atoms with Crippen molar-refractivity contribution >= 4 is 61.4 Å². The molecular formula is C21H29FN8O10P2S2. The summed E-state index contributed by atoms with van der Waals surface area (Å²) in [6.45, 7) is -9.07. The molecule has 0 aromatic carbocycles. The summed E-state index contributed by atoms with van der Waals surface area (Å²) in [7, 11) is 1.53. The topological polar surface area (TPSA) is 224 Å². The number of carbonyl (C=O) groups is 1. The van der Waals surface area contributed by atoms with Crippen LogP contribution in [0.4, 0.5) is 4.39 Å². The molecule has 0 aliphatic carbocycles. The van der Waals surface area contributed by atoms with Crippen LogP contribution in [0.25, 0.3) is 11.2 Å². The molecule has 2 aromatic rings. The fraction of sp³-hybridized carbons (Fsp3) is 0.571. The monoisotopic (exact) mass is 698 g/mol. The third-order valence-corrected chi connectivity index (χ3v) is 9.29. The molecule has 0 bridgehead atoms. The van der Waals surface area contributed by atoms with E-state index in [0.29, 0.717) is 12.1 Å². The number of aldehydes is 1. The Morgan fingerprint density at radius 3 is 2.75 bits per heavy atom. The first kappa shape index (κ1) is 33.1. The maximum Gasteiger partial charge on any atom is 0.383 e. The predicted octanol–water partition coefficient (Wildman–Crippen LogP) is 0.00400. The number of alkyl halides is 1. The summed E-state index contributed by atoms with van der Waals surface area (Å²) in [6.07, 6.45) is -1.91. The fourth-order valence-corrected chi connectivity index (χ4v) is 6.91. The van der Waals surface area contributed by atoms with Gasteiger partial charge in [0.05, 0.1) is 45.0 Å². The van der Waals surface area contributed by atoms with Crippen LogP contribution in [-0.2, 0) is 44.2 Å². The largest absolute Gasteiger partial charge is 0.383 e. The van der Waals surface area contributed by atoms with Crippen LogP contribution in [0.15, 0.2) is 34.0 Å². The molecule has 2 saturated heterocycles. The lowest BCUT2D eigenvalue weighted by atomic mass is 10.2. The molecule has 18 nitrogen and oxygen atoms in total. The van der Waals surface area contributed by atoms with Crippen molar-refractivity contribution in [3.05, 3.63) is 34.5 Å². The highest BCUT2D eigenvalue weighted by molar-refractivity contribution is 8.44. The van der Waals surface area contributed by atoms with E-state index in [1.807, 2.05) is 0 Å². The maximum atomic E-state index is 15.0. The van der Waals surface area contributed by atoms with Crippen molar-refractivity contribution < 1.29 is 46.6 Å². The average Bonchev–Trinajstić information content (AvgIpc) is 3.74. The summed E-state index contributed by atoms with van der Waals surface area (Å²) >= 11 is 8.71. The molecule has 5 rings (SSSR count). The number of hydrogen-bond donors (Lipinski definition) is 6. The molecule has 242 valence electrons. The summed E-state index contributed by atoms with van der Waals surface area (Å²) in [5, 5.41) is 5.79. The Morgan fingerprint density at radius 1 is 1.27 bits per heavy atom. The third kappa shape index (κ3) is 7.56. The van der Waals surface area contributed by atoms with Crippen LogP contribution < -0.4 is 16.2 Å². The number of aromatic amines is 1. The first-order valence-electron chi connectivity index (χ1n) is 13.0. The summed E-state index contributed by atoms with van der Waals surface area (Å²) in [5.41, 5.74) is 0.0615. The van der Waals surface area contributed by atoms with Gasteiger partial charge in [-0.1, -0.05) is 12.2 Å². The van der Waals surface area contributed by atoms with Gasteiger partial charge in [0.1, 0.15) is 42.4 Å². The minimum Gasteiger partial charge on any atom is -0.362 e. The van der Waals surface area contributed by atoms with Crippen molar-refractivity contribution in [2.24, 2.45) is 4.99 Å². The number of hydrogen-bond acceptors (Lipinski definition) is 14. The molecule has 8 atom stereocenters. The van der Waals surface area contributed by atoms with Gasteiger partial charge in [-0.05, 0) is 11.8 Å². The standard InChI is InChI=1S/C21H29FN8O10P2S2/c1-23-7-24-19-12(4-31)27-9-29(19)17-3-13(15(39-17)6-36-41(33,34)43)40-42(35,44)37-5-14-11(22)2-16(38-14)30-10-28-18-20(30)25-8-26-21(18)32/h4,7-8,10-11,13-17,27H,2-3,5-6,9H2,1H3,(H,23,24)(H,35,44)(H,25,26,32)(H2,33,34,43)/t11?,13-,14?,15?,16+,17+,42?/m0/s1. The van der Waals surface area contributed by atoms with Crippen LogP contribution in [0.5, 0.6) is 0 Å². The molecular weight excluding hydrogens is 669 g/mol. The van der Waals surface area contributed by atoms with Crippen molar-refractivity contribution in [2.75, 3.05) is 26.9 Å². The molecule has 3 aliphatic heterocycles. The van der Waals surface area contributed by atoms with Crippen LogP contribution in [0.2, 0.25) is 0 Å². The lowest BCUT2D eigenvalue weighted by Gasteiger charge is -2.27. The number of H-pyrrole nitrogens is 1. The number of imidazole rings is 1. The van der Waals surface area contributed by atoms with Crippen LogP contribution in [0, 0.1) is 0 Å². The van der Waals surface area contributed by atoms with Gasteiger partial charge in [0.15, 0.2) is 17.5 Å². The van der Waals surface area contributed by atoms with Gasteiger partial charge in [0.25, 0.3) is 5.56 Å². The molecule has 3 aliphatic rings. The lowest BCUT2D eigenvalue weighted by molar-refractivity contribution is -0.105. The summed E-state index contributed by atoms with van der Waals surface area (Å²) in [4.78, 5) is 59.9. The Kier molecular flexibility index (Phi) is 10.2. The van der Waals surface area contributed by atoms with Crippen LogP contribution in [0.1, 0.15) is 19.1 Å². The zero-order valence-corrected chi connectivity index (χ0v) is 26.3. The minimum atomic E-state index is -4.21. The molecule has 5 N–H and O–H groups in total. The van der Waals surface area contributed by atoms with Gasteiger partial charge in [-0.2, -0.15) is 0 Å². The SMILES string of the molecule is CN=CNC1=C(C=O)NCN1[C@H]1C[C@H](OP(O)(=S)OCC2O[C@@H](n3cnc4c(=O)[nH]cnc43)CC2F)C(COP(=O)(O)S)O1. The molecule has 2 fully saturated rings. The van der Waals surface area contributed by atoms with Crippen LogP contribution in [0.3, 0.4) is 0 Å². The Bertz CT molecular complexity index is 1590. The van der Waals surface area contributed by atoms with Crippen LogP contribution >= 0.6 is 25.8 Å². The Hall–Kier alpha value is -2.29. The van der Waals surface area contributed by atoms with E-state index in [-0.39, 0.29) is 36.4 Å². The van der Waals surface area contributed by atoms with Gasteiger partial charge in [0, 0.05) is 19.9 Å². The third-order valence-electron chi connectivity index (χ3n) is 6.87. The van der Waals surface area contributed by atoms with Gasteiger partial charge in [0.2, 0.25) is 0 Å². The molecule has 5 unspecified atom stereocenters. The summed E-state index contributed by atoms with van der Waals surface area (Å²) in [6, 6.07) is 0. The van der Waals surface area contributed by atoms with E-state index in [0.717, 1.165) is 0 Å². The summed E-state index contributed by atoms with van der Waals surface area (Å²) < 4.78 is 56.0. The second-order valence-electron chi connectivity index (χ2n) is 9.71.